The molecule has 0 aliphatic carbocycles. The normalized spacial score (nSPS) is 12.0. The van der Waals surface area contributed by atoms with Gasteiger partial charge in [-0.15, -0.1) is 0 Å². The van der Waals surface area contributed by atoms with E-state index in [4.69, 9.17) is 10.5 Å². The molecule has 0 fully saturated rings. The minimum absolute atomic E-state index is 0.389. The summed E-state index contributed by atoms with van der Waals surface area (Å²) < 4.78 is 0. The van der Waals surface area contributed by atoms with Gasteiger partial charge in [-0.2, -0.15) is 0 Å². The number of hydrogen-bond donors (Lipinski definition) is 2. The Kier molecular flexibility index (Phi) is 2.53. The van der Waals surface area contributed by atoms with E-state index in [1.165, 1.54) is 6.20 Å². The maximum atomic E-state index is 10.5. The molecule has 4 nitrogen and oxygen atoms in total. The van der Waals surface area contributed by atoms with E-state index in [0.717, 1.165) is 6.21 Å². The topological polar surface area (TPSA) is 74.0 Å². The lowest BCUT2D eigenvalue weighted by Crippen LogP contribution is -2.13. The van der Waals surface area contributed by atoms with Crippen LogP contribution in [0.2, 0.25) is 0 Å². The highest BCUT2D eigenvalue weighted by Crippen LogP contribution is 2.09. The molecule has 2 N–H and O–H groups in total. The van der Waals surface area contributed by atoms with Crippen LogP contribution in [0.3, 0.4) is 0 Å². The molecule has 1 rings (SSSR count). The SMILES string of the molecule is N=CC(C(=O)O)c1ccccn1. The van der Waals surface area contributed by atoms with Gasteiger partial charge in [-0.1, -0.05) is 6.07 Å². The number of carboxylic acid groups (broad SMARTS) is 1. The van der Waals surface area contributed by atoms with E-state index in [1.807, 2.05) is 0 Å². The molecule has 4 heteroatoms. The highest BCUT2D eigenvalue weighted by molar-refractivity contribution is 5.93. The van der Waals surface area contributed by atoms with E-state index in [0.29, 0.717) is 5.69 Å². The van der Waals surface area contributed by atoms with Crippen molar-refractivity contribution in [3.63, 3.8) is 0 Å². The summed E-state index contributed by atoms with van der Waals surface area (Å²) in [6.45, 7) is 0. The van der Waals surface area contributed by atoms with Crippen molar-refractivity contribution in [1.29, 1.82) is 5.41 Å². The van der Waals surface area contributed by atoms with Crippen LogP contribution in [0.4, 0.5) is 0 Å². The fourth-order valence-corrected chi connectivity index (χ4v) is 0.843. The number of nitrogens with one attached hydrogen (secondary N) is 1. The number of carboxylic acids is 1. The molecule has 0 bridgehead atoms. The highest BCUT2D eigenvalue weighted by atomic mass is 16.4. The van der Waals surface area contributed by atoms with Gasteiger partial charge in [0, 0.05) is 12.4 Å². The van der Waals surface area contributed by atoms with Crippen molar-refractivity contribution < 1.29 is 9.90 Å². The molecule has 0 aliphatic rings. The number of carbonyl (C=O) groups is 1. The maximum absolute atomic E-state index is 10.5. The molecule has 1 aromatic rings. The number of rotatable bonds is 3. The number of nitrogens with zero attached hydrogens (tertiary/aromatic N) is 1. The van der Waals surface area contributed by atoms with Gasteiger partial charge in [0.2, 0.25) is 0 Å². The molecular weight excluding hydrogens is 156 g/mol. The quantitative estimate of drug-likeness (QED) is 0.652. The number of aliphatic carboxylic acids is 1. The summed E-state index contributed by atoms with van der Waals surface area (Å²) in [5, 5.41) is 15.5. The van der Waals surface area contributed by atoms with E-state index in [2.05, 4.69) is 4.98 Å². The van der Waals surface area contributed by atoms with E-state index in [-0.39, 0.29) is 0 Å². The zero-order valence-electron chi connectivity index (χ0n) is 6.27. The van der Waals surface area contributed by atoms with E-state index >= 15 is 0 Å². The van der Waals surface area contributed by atoms with Crippen LogP contribution in [0.1, 0.15) is 11.6 Å². The molecular formula is C8H8N2O2. The highest BCUT2D eigenvalue weighted by Gasteiger charge is 2.17. The minimum Gasteiger partial charge on any atom is -0.480 e. The Morgan fingerprint density at radius 2 is 2.42 bits per heavy atom. The molecule has 1 heterocycles. The largest absolute Gasteiger partial charge is 0.480 e. The Hall–Kier alpha value is -1.71. The molecule has 0 spiro atoms. The third kappa shape index (κ3) is 1.66. The smallest absolute Gasteiger partial charge is 0.318 e. The standard InChI is InChI=1S/C8H8N2O2/c9-5-6(8(11)12)7-3-1-2-4-10-7/h1-6,9H,(H,11,12). The van der Waals surface area contributed by atoms with Crippen molar-refractivity contribution >= 4 is 12.2 Å². The fraction of sp³-hybridized carbons (Fsp3) is 0.125. The van der Waals surface area contributed by atoms with Gasteiger partial charge >= 0.3 is 5.97 Å². The summed E-state index contributed by atoms with van der Waals surface area (Å²) in [6, 6.07) is 4.98. The summed E-state index contributed by atoms with van der Waals surface area (Å²) in [7, 11) is 0. The third-order valence-electron chi connectivity index (χ3n) is 1.44. The van der Waals surface area contributed by atoms with Crippen LogP contribution in [-0.4, -0.2) is 22.3 Å². The molecule has 0 aromatic carbocycles. The first-order valence-corrected chi connectivity index (χ1v) is 3.40. The van der Waals surface area contributed by atoms with Gasteiger partial charge < -0.3 is 10.5 Å². The summed E-state index contributed by atoms with van der Waals surface area (Å²) in [6.07, 6.45) is 2.37. The Bertz CT molecular complexity index is 284. The first kappa shape index (κ1) is 8.39. The van der Waals surface area contributed by atoms with Gasteiger partial charge in [0.1, 0.15) is 5.92 Å². The lowest BCUT2D eigenvalue weighted by Gasteiger charge is -2.03. The van der Waals surface area contributed by atoms with Gasteiger partial charge in [0.25, 0.3) is 0 Å². The van der Waals surface area contributed by atoms with Gasteiger partial charge in [-0.3, -0.25) is 9.78 Å². The molecule has 0 saturated heterocycles. The minimum atomic E-state index is -1.05. The van der Waals surface area contributed by atoms with Gasteiger partial charge in [0.05, 0.1) is 5.69 Å². The zero-order valence-corrected chi connectivity index (χ0v) is 6.27. The van der Waals surface area contributed by atoms with E-state index in [9.17, 15) is 4.79 Å². The monoisotopic (exact) mass is 164 g/mol. The van der Waals surface area contributed by atoms with Crippen molar-refractivity contribution in [3.05, 3.63) is 30.1 Å². The molecule has 62 valence electrons. The lowest BCUT2D eigenvalue weighted by molar-refractivity contribution is -0.137. The Balaban J connectivity index is 2.95. The molecule has 1 unspecified atom stereocenters. The number of pyridine rings is 1. The second-order valence-electron chi connectivity index (χ2n) is 2.24. The average molecular weight is 164 g/mol. The van der Waals surface area contributed by atoms with E-state index in [1.54, 1.807) is 18.2 Å². The van der Waals surface area contributed by atoms with Crippen molar-refractivity contribution in [3.8, 4) is 0 Å². The van der Waals surface area contributed by atoms with Crippen LogP contribution in [-0.2, 0) is 4.79 Å². The summed E-state index contributed by atoms with van der Waals surface area (Å²) in [5.74, 6) is -1.98. The zero-order chi connectivity index (χ0) is 8.97. The fourth-order valence-electron chi connectivity index (χ4n) is 0.843. The van der Waals surface area contributed by atoms with Gasteiger partial charge in [-0.05, 0) is 12.1 Å². The van der Waals surface area contributed by atoms with Gasteiger partial charge in [0.15, 0.2) is 0 Å². The molecule has 1 aromatic heterocycles. The average Bonchev–Trinajstić information content (AvgIpc) is 2.07. The molecule has 1 atom stereocenters. The first-order chi connectivity index (χ1) is 5.75. The summed E-state index contributed by atoms with van der Waals surface area (Å²) >= 11 is 0. The second kappa shape index (κ2) is 3.61. The van der Waals surface area contributed by atoms with Crippen LogP contribution in [0.5, 0.6) is 0 Å². The van der Waals surface area contributed by atoms with Crippen LogP contribution in [0.25, 0.3) is 0 Å². The molecule has 0 amide bonds. The second-order valence-corrected chi connectivity index (χ2v) is 2.24. The predicted molar refractivity (Wildman–Crippen MR) is 43.4 cm³/mol. The molecule has 0 aliphatic heterocycles. The van der Waals surface area contributed by atoms with Crippen molar-refractivity contribution in [1.82, 2.24) is 4.98 Å². The number of aromatic nitrogens is 1. The lowest BCUT2D eigenvalue weighted by atomic mass is 10.1. The molecule has 0 radical (unpaired) electrons. The van der Waals surface area contributed by atoms with Crippen LogP contribution in [0, 0.1) is 5.41 Å². The third-order valence-corrected chi connectivity index (χ3v) is 1.44. The van der Waals surface area contributed by atoms with E-state index < -0.39 is 11.9 Å². The summed E-state index contributed by atoms with van der Waals surface area (Å²) in [4.78, 5) is 14.4. The first-order valence-electron chi connectivity index (χ1n) is 3.40. The number of hydrogen-bond acceptors (Lipinski definition) is 3. The Labute approximate surface area is 69.4 Å². The molecule has 12 heavy (non-hydrogen) atoms. The van der Waals surface area contributed by atoms with Gasteiger partial charge in [-0.25, -0.2) is 0 Å². The molecule has 0 saturated carbocycles. The van der Waals surface area contributed by atoms with Crippen LogP contribution < -0.4 is 0 Å². The van der Waals surface area contributed by atoms with Crippen LogP contribution >= 0.6 is 0 Å². The van der Waals surface area contributed by atoms with Crippen molar-refractivity contribution in [2.45, 2.75) is 5.92 Å². The van der Waals surface area contributed by atoms with Crippen molar-refractivity contribution in [2.24, 2.45) is 0 Å². The van der Waals surface area contributed by atoms with Crippen molar-refractivity contribution in [2.75, 3.05) is 0 Å². The Morgan fingerprint density at radius 3 is 2.83 bits per heavy atom. The van der Waals surface area contributed by atoms with Crippen LogP contribution in [0.15, 0.2) is 24.4 Å². The Morgan fingerprint density at radius 1 is 1.67 bits per heavy atom. The predicted octanol–water partition coefficient (Wildman–Crippen LogP) is 0.899. The summed E-state index contributed by atoms with van der Waals surface area (Å²) in [5.41, 5.74) is 0.389. The maximum Gasteiger partial charge on any atom is 0.318 e.